The summed E-state index contributed by atoms with van der Waals surface area (Å²) in [6.45, 7) is 5.67. The zero-order valence-electron chi connectivity index (χ0n) is 19.3. The highest BCUT2D eigenvalue weighted by Gasteiger charge is 2.43. The van der Waals surface area contributed by atoms with Gasteiger partial charge in [-0.05, 0) is 63.0 Å². The standard InChI is InChI=1S/C25H36N2O4S/c1-3-30-25(31-4-2)22-16-32-17-27(22)24(29)21-10-7-13-26(21)23(28)15-18-11-12-19-8-5-6-9-20(19)14-18/h5-6,8-9,18,21-22,25H,3-4,7,10-17H2,1-2H3/t18-,21-,22-/m0/s1. The number of rotatable bonds is 8. The minimum atomic E-state index is -0.406. The zero-order valence-corrected chi connectivity index (χ0v) is 20.1. The van der Waals surface area contributed by atoms with Gasteiger partial charge < -0.3 is 19.3 Å². The number of nitrogens with zero attached hydrogens (tertiary/aromatic N) is 2. The van der Waals surface area contributed by atoms with Crippen LogP contribution in [0, 0.1) is 5.92 Å². The number of hydrogen-bond donors (Lipinski definition) is 0. The molecular formula is C25H36N2O4S. The summed E-state index contributed by atoms with van der Waals surface area (Å²) in [6, 6.07) is 8.12. The molecule has 1 aromatic rings. The van der Waals surface area contributed by atoms with E-state index in [9.17, 15) is 9.59 Å². The summed E-state index contributed by atoms with van der Waals surface area (Å²) in [4.78, 5) is 30.6. The predicted octanol–water partition coefficient (Wildman–Crippen LogP) is 3.47. The van der Waals surface area contributed by atoms with Gasteiger partial charge in [0.15, 0.2) is 6.29 Å². The Morgan fingerprint density at radius 2 is 1.84 bits per heavy atom. The first-order valence-electron chi connectivity index (χ1n) is 12.1. The van der Waals surface area contributed by atoms with Gasteiger partial charge in [-0.1, -0.05) is 24.3 Å². The van der Waals surface area contributed by atoms with Crippen molar-refractivity contribution in [3.8, 4) is 0 Å². The number of amides is 2. The van der Waals surface area contributed by atoms with Crippen molar-refractivity contribution in [1.82, 2.24) is 9.80 Å². The van der Waals surface area contributed by atoms with Gasteiger partial charge in [-0.25, -0.2) is 0 Å². The Labute approximate surface area is 196 Å². The maximum Gasteiger partial charge on any atom is 0.246 e. The van der Waals surface area contributed by atoms with Crippen LogP contribution in [0.25, 0.3) is 0 Å². The lowest BCUT2D eigenvalue weighted by molar-refractivity contribution is -0.175. The lowest BCUT2D eigenvalue weighted by Gasteiger charge is -2.34. The molecule has 2 aliphatic heterocycles. The normalized spacial score (nSPS) is 25.4. The van der Waals surface area contributed by atoms with E-state index in [0.29, 0.717) is 38.0 Å². The molecule has 32 heavy (non-hydrogen) atoms. The summed E-state index contributed by atoms with van der Waals surface area (Å²) >= 11 is 1.73. The summed E-state index contributed by atoms with van der Waals surface area (Å²) in [5, 5.41) is 0. The quantitative estimate of drug-likeness (QED) is 0.556. The number of likely N-dealkylation sites (tertiary alicyclic amines) is 1. The Kier molecular flexibility index (Phi) is 8.13. The molecule has 1 aliphatic carbocycles. The maximum absolute atomic E-state index is 13.5. The highest BCUT2D eigenvalue weighted by molar-refractivity contribution is 7.99. The molecule has 2 heterocycles. The molecule has 0 unspecified atom stereocenters. The van der Waals surface area contributed by atoms with E-state index in [1.165, 1.54) is 11.1 Å². The van der Waals surface area contributed by atoms with Crippen LogP contribution in [-0.2, 0) is 31.9 Å². The molecule has 6 nitrogen and oxygen atoms in total. The summed E-state index contributed by atoms with van der Waals surface area (Å²) in [5.74, 6) is 2.00. The number of carbonyl (C=O) groups is 2. The number of aryl methyl sites for hydroxylation is 1. The van der Waals surface area contributed by atoms with E-state index in [2.05, 4.69) is 24.3 Å². The third kappa shape index (κ3) is 5.15. The van der Waals surface area contributed by atoms with Crippen LogP contribution in [0.15, 0.2) is 24.3 Å². The largest absolute Gasteiger partial charge is 0.351 e. The molecule has 2 fully saturated rings. The molecule has 0 aromatic heterocycles. The number of carbonyl (C=O) groups excluding carboxylic acids is 2. The van der Waals surface area contributed by atoms with Crippen LogP contribution in [0.5, 0.6) is 0 Å². The molecule has 0 bridgehead atoms. The number of hydrogen-bond acceptors (Lipinski definition) is 5. The highest BCUT2D eigenvalue weighted by atomic mass is 32.2. The maximum atomic E-state index is 13.5. The molecule has 4 rings (SSSR count). The Bertz CT molecular complexity index is 798. The first kappa shape index (κ1) is 23.6. The molecule has 2 amide bonds. The van der Waals surface area contributed by atoms with Gasteiger partial charge in [0, 0.05) is 31.9 Å². The van der Waals surface area contributed by atoms with E-state index in [0.717, 1.165) is 37.9 Å². The van der Waals surface area contributed by atoms with E-state index >= 15 is 0 Å². The SMILES string of the molecule is CCOC(OCC)[C@@H]1CSCN1C(=O)[C@@H]1CCCN1C(=O)C[C@H]1CCc2ccccc2C1. The lowest BCUT2D eigenvalue weighted by atomic mass is 9.82. The Morgan fingerprint density at radius 3 is 2.59 bits per heavy atom. The van der Waals surface area contributed by atoms with Crippen molar-refractivity contribution < 1.29 is 19.1 Å². The van der Waals surface area contributed by atoms with Crippen molar-refractivity contribution in [1.29, 1.82) is 0 Å². The lowest BCUT2D eigenvalue weighted by Crippen LogP contribution is -2.53. The Hall–Kier alpha value is -1.57. The Balaban J connectivity index is 1.39. The topological polar surface area (TPSA) is 59.1 Å². The van der Waals surface area contributed by atoms with Crippen LogP contribution in [0.4, 0.5) is 0 Å². The van der Waals surface area contributed by atoms with E-state index in [1.54, 1.807) is 11.8 Å². The summed E-state index contributed by atoms with van der Waals surface area (Å²) in [7, 11) is 0. The third-order valence-corrected chi connectivity index (χ3v) is 7.99. The highest BCUT2D eigenvalue weighted by Crippen LogP contribution is 2.32. The molecule has 1 aromatic carbocycles. The first-order valence-corrected chi connectivity index (χ1v) is 13.3. The second-order valence-corrected chi connectivity index (χ2v) is 9.98. The number of ether oxygens (including phenoxy) is 2. The van der Waals surface area contributed by atoms with Crippen molar-refractivity contribution in [2.24, 2.45) is 5.92 Å². The molecule has 3 atom stereocenters. The second kappa shape index (κ2) is 11.0. The van der Waals surface area contributed by atoms with Gasteiger partial charge in [-0.3, -0.25) is 9.59 Å². The smallest absolute Gasteiger partial charge is 0.246 e. The van der Waals surface area contributed by atoms with Crippen molar-refractivity contribution in [3.05, 3.63) is 35.4 Å². The van der Waals surface area contributed by atoms with E-state index in [4.69, 9.17) is 9.47 Å². The van der Waals surface area contributed by atoms with Crippen molar-refractivity contribution in [3.63, 3.8) is 0 Å². The molecule has 0 saturated carbocycles. The van der Waals surface area contributed by atoms with Crippen molar-refractivity contribution >= 4 is 23.6 Å². The third-order valence-electron chi connectivity index (χ3n) is 6.95. The average molecular weight is 461 g/mol. The van der Waals surface area contributed by atoms with Gasteiger partial charge in [-0.15, -0.1) is 11.8 Å². The summed E-state index contributed by atoms with van der Waals surface area (Å²) in [6.07, 6.45) is 4.82. The fraction of sp³-hybridized carbons (Fsp3) is 0.680. The monoisotopic (exact) mass is 460 g/mol. The minimum Gasteiger partial charge on any atom is -0.351 e. The van der Waals surface area contributed by atoms with Gasteiger partial charge in [0.05, 0.1) is 11.9 Å². The fourth-order valence-corrected chi connectivity index (χ4v) is 6.53. The first-order chi connectivity index (χ1) is 15.6. The van der Waals surface area contributed by atoms with E-state index < -0.39 is 6.29 Å². The molecule has 0 radical (unpaired) electrons. The minimum absolute atomic E-state index is 0.0595. The number of fused-ring (bicyclic) bond motifs is 1. The number of benzene rings is 1. The number of thioether (sulfide) groups is 1. The van der Waals surface area contributed by atoms with E-state index in [-0.39, 0.29) is 23.9 Å². The molecule has 0 N–H and O–H groups in total. The van der Waals surface area contributed by atoms with Crippen molar-refractivity contribution in [2.45, 2.75) is 70.7 Å². The second-order valence-electron chi connectivity index (χ2n) is 8.98. The molecule has 0 spiro atoms. The Morgan fingerprint density at radius 1 is 1.09 bits per heavy atom. The molecule has 2 saturated heterocycles. The fourth-order valence-electron chi connectivity index (χ4n) is 5.33. The van der Waals surface area contributed by atoms with Crippen LogP contribution in [0.2, 0.25) is 0 Å². The van der Waals surface area contributed by atoms with Crippen molar-refractivity contribution in [2.75, 3.05) is 31.4 Å². The van der Waals surface area contributed by atoms with Gasteiger partial charge in [0.25, 0.3) is 0 Å². The molecule has 3 aliphatic rings. The summed E-state index contributed by atoms with van der Waals surface area (Å²) < 4.78 is 11.6. The van der Waals surface area contributed by atoms with Gasteiger partial charge in [0.1, 0.15) is 6.04 Å². The van der Waals surface area contributed by atoms with E-state index in [1.807, 2.05) is 23.6 Å². The zero-order chi connectivity index (χ0) is 22.5. The van der Waals surface area contributed by atoms with Gasteiger partial charge in [0.2, 0.25) is 11.8 Å². The summed E-state index contributed by atoms with van der Waals surface area (Å²) in [5.41, 5.74) is 2.79. The predicted molar refractivity (Wildman–Crippen MR) is 126 cm³/mol. The van der Waals surface area contributed by atoms with Crippen LogP contribution in [-0.4, -0.2) is 71.4 Å². The molecule has 176 valence electrons. The molecular weight excluding hydrogens is 424 g/mol. The van der Waals surface area contributed by atoms with Crippen LogP contribution >= 0.6 is 11.8 Å². The van der Waals surface area contributed by atoms with Crippen LogP contribution < -0.4 is 0 Å². The molecule has 7 heteroatoms. The van der Waals surface area contributed by atoms with Gasteiger partial charge in [-0.2, -0.15) is 0 Å². The van der Waals surface area contributed by atoms with Crippen LogP contribution in [0.1, 0.15) is 50.7 Å². The van der Waals surface area contributed by atoms with Gasteiger partial charge >= 0.3 is 0 Å². The van der Waals surface area contributed by atoms with Crippen LogP contribution in [0.3, 0.4) is 0 Å². The average Bonchev–Trinajstić information content (AvgIpc) is 3.48.